The molecule has 1 atom stereocenters. The van der Waals surface area contributed by atoms with E-state index >= 15 is 0 Å². The van der Waals surface area contributed by atoms with Crippen LogP contribution in [-0.4, -0.2) is 31.7 Å². The van der Waals surface area contributed by atoms with Gasteiger partial charge in [-0.15, -0.1) is 0 Å². The first-order chi connectivity index (χ1) is 13.6. The van der Waals surface area contributed by atoms with Gasteiger partial charge < -0.3 is 5.32 Å². The minimum absolute atomic E-state index is 0.135. The molecule has 4 rings (SSSR count). The van der Waals surface area contributed by atoms with Gasteiger partial charge in [-0.25, -0.2) is 8.42 Å². The van der Waals surface area contributed by atoms with Crippen molar-refractivity contribution in [1.82, 2.24) is 4.31 Å². The first-order valence-electron chi connectivity index (χ1n) is 9.39. The molecule has 6 heteroatoms. The average molecular weight is 394 g/mol. The van der Waals surface area contributed by atoms with Gasteiger partial charge in [-0.3, -0.25) is 4.79 Å². The van der Waals surface area contributed by atoms with E-state index in [2.05, 4.69) is 5.32 Å². The minimum Gasteiger partial charge on any atom is -0.325 e. The highest BCUT2D eigenvalue weighted by Crippen LogP contribution is 2.27. The number of carbonyl (C=O) groups excluding carboxylic acids is 1. The molecule has 3 aromatic rings. The van der Waals surface area contributed by atoms with Crippen LogP contribution in [0.2, 0.25) is 0 Å². The molecule has 1 amide bonds. The van der Waals surface area contributed by atoms with Gasteiger partial charge in [0.25, 0.3) is 0 Å². The molecule has 1 N–H and O–H groups in total. The summed E-state index contributed by atoms with van der Waals surface area (Å²) in [6, 6.07) is 22.0. The molecule has 5 nitrogen and oxygen atoms in total. The zero-order valence-corrected chi connectivity index (χ0v) is 16.2. The van der Waals surface area contributed by atoms with E-state index < -0.39 is 10.0 Å². The maximum atomic E-state index is 12.9. The Morgan fingerprint density at radius 3 is 2.46 bits per heavy atom. The zero-order valence-electron chi connectivity index (χ0n) is 15.4. The van der Waals surface area contributed by atoms with Gasteiger partial charge in [-0.05, 0) is 36.4 Å². The summed E-state index contributed by atoms with van der Waals surface area (Å²) in [5.41, 5.74) is 0.756. The third-order valence-corrected chi connectivity index (χ3v) is 7.06. The van der Waals surface area contributed by atoms with Gasteiger partial charge in [0.1, 0.15) is 0 Å². The van der Waals surface area contributed by atoms with Gasteiger partial charge in [0.15, 0.2) is 0 Å². The number of sulfonamides is 1. The summed E-state index contributed by atoms with van der Waals surface area (Å²) in [6.07, 6.45) is 1.34. The maximum absolute atomic E-state index is 12.9. The molecule has 0 radical (unpaired) electrons. The van der Waals surface area contributed by atoms with Crippen molar-refractivity contribution < 1.29 is 13.2 Å². The van der Waals surface area contributed by atoms with Crippen molar-refractivity contribution in [2.45, 2.75) is 17.7 Å². The number of fused-ring (bicyclic) bond motifs is 1. The number of nitrogens with one attached hydrogen (secondary N) is 1. The Hall–Kier alpha value is -2.70. The van der Waals surface area contributed by atoms with E-state index in [0.717, 1.165) is 16.5 Å². The van der Waals surface area contributed by atoms with E-state index in [1.54, 1.807) is 30.3 Å². The van der Waals surface area contributed by atoms with E-state index in [-0.39, 0.29) is 23.3 Å². The van der Waals surface area contributed by atoms with E-state index in [1.165, 1.54) is 4.31 Å². The van der Waals surface area contributed by atoms with Crippen LogP contribution >= 0.6 is 0 Å². The van der Waals surface area contributed by atoms with Crippen molar-refractivity contribution in [3.05, 3.63) is 72.8 Å². The zero-order chi connectivity index (χ0) is 19.6. The number of nitrogens with zero attached hydrogens (tertiary/aromatic N) is 1. The summed E-state index contributed by atoms with van der Waals surface area (Å²) in [6.45, 7) is 0.642. The lowest BCUT2D eigenvalue weighted by molar-refractivity contribution is -0.120. The molecular formula is C22H22N2O3S. The van der Waals surface area contributed by atoms with Crippen LogP contribution in [0.1, 0.15) is 12.8 Å². The Morgan fingerprint density at radius 2 is 1.64 bits per heavy atom. The smallest absolute Gasteiger partial charge is 0.243 e. The van der Waals surface area contributed by atoms with Crippen LogP contribution in [0.5, 0.6) is 0 Å². The van der Waals surface area contributed by atoms with Crippen molar-refractivity contribution >= 4 is 32.4 Å². The van der Waals surface area contributed by atoms with Gasteiger partial charge in [0.2, 0.25) is 15.9 Å². The Morgan fingerprint density at radius 1 is 0.929 bits per heavy atom. The summed E-state index contributed by atoms with van der Waals surface area (Å²) >= 11 is 0. The summed E-state index contributed by atoms with van der Waals surface area (Å²) < 4.78 is 27.2. The van der Waals surface area contributed by atoms with Crippen LogP contribution < -0.4 is 5.32 Å². The molecule has 1 aliphatic rings. The van der Waals surface area contributed by atoms with Gasteiger partial charge in [-0.1, -0.05) is 54.6 Å². The number of carbonyl (C=O) groups is 1. The second-order valence-electron chi connectivity index (χ2n) is 7.03. The highest BCUT2D eigenvalue weighted by atomic mass is 32.2. The Bertz CT molecular complexity index is 1090. The van der Waals surface area contributed by atoms with Crippen LogP contribution in [0.25, 0.3) is 10.8 Å². The van der Waals surface area contributed by atoms with E-state index in [1.807, 2.05) is 42.5 Å². The maximum Gasteiger partial charge on any atom is 0.243 e. The molecule has 0 spiro atoms. The molecular weight excluding hydrogens is 372 g/mol. The largest absolute Gasteiger partial charge is 0.325 e. The van der Waals surface area contributed by atoms with Gasteiger partial charge >= 0.3 is 0 Å². The summed E-state index contributed by atoms with van der Waals surface area (Å²) in [7, 11) is -3.58. The van der Waals surface area contributed by atoms with Crippen molar-refractivity contribution in [2.75, 3.05) is 18.4 Å². The fraction of sp³-hybridized carbons (Fsp3) is 0.227. The molecule has 1 unspecified atom stereocenters. The lowest BCUT2D eigenvalue weighted by Crippen LogP contribution is -2.43. The predicted molar refractivity (Wildman–Crippen MR) is 111 cm³/mol. The highest BCUT2D eigenvalue weighted by molar-refractivity contribution is 7.89. The highest BCUT2D eigenvalue weighted by Gasteiger charge is 2.33. The average Bonchev–Trinajstić information content (AvgIpc) is 2.75. The minimum atomic E-state index is -3.58. The first-order valence-corrected chi connectivity index (χ1v) is 10.8. The quantitative estimate of drug-likeness (QED) is 0.730. The second-order valence-corrected chi connectivity index (χ2v) is 8.97. The van der Waals surface area contributed by atoms with E-state index in [0.29, 0.717) is 19.4 Å². The molecule has 144 valence electrons. The summed E-state index contributed by atoms with van der Waals surface area (Å²) in [4.78, 5) is 13.2. The molecule has 1 saturated heterocycles. The predicted octanol–water partition coefficient (Wildman–Crippen LogP) is 3.88. The number of amides is 1. The van der Waals surface area contributed by atoms with Crippen LogP contribution in [0.15, 0.2) is 77.7 Å². The molecule has 1 aliphatic heterocycles. The summed E-state index contributed by atoms with van der Waals surface area (Å²) in [5, 5.41) is 5.03. The van der Waals surface area contributed by atoms with Crippen LogP contribution in [0.4, 0.5) is 5.69 Å². The standard InChI is InChI=1S/C22H22N2O3S/c25-22(23-21-14-6-9-17-8-4-5-13-20(17)21)18-10-7-15-24(16-18)28(26,27)19-11-2-1-3-12-19/h1-6,8-9,11-14,18H,7,10,15-16H2,(H,23,25). The molecule has 0 aromatic heterocycles. The molecule has 1 fully saturated rings. The van der Waals surface area contributed by atoms with Crippen molar-refractivity contribution in [3.63, 3.8) is 0 Å². The summed E-state index contributed by atoms with van der Waals surface area (Å²) in [5.74, 6) is -0.504. The number of hydrogen-bond acceptors (Lipinski definition) is 3. The first kappa shape index (κ1) is 18.7. The fourth-order valence-electron chi connectivity index (χ4n) is 3.69. The second kappa shape index (κ2) is 7.73. The van der Waals surface area contributed by atoms with Gasteiger partial charge in [0.05, 0.1) is 10.8 Å². The fourth-order valence-corrected chi connectivity index (χ4v) is 5.23. The van der Waals surface area contributed by atoms with Crippen LogP contribution in [0, 0.1) is 5.92 Å². The van der Waals surface area contributed by atoms with Crippen LogP contribution in [0.3, 0.4) is 0 Å². The SMILES string of the molecule is O=C(Nc1cccc2ccccc12)C1CCCN(S(=O)(=O)c2ccccc2)C1. The molecule has 0 aliphatic carbocycles. The van der Waals surface area contributed by atoms with Crippen molar-refractivity contribution in [2.24, 2.45) is 5.92 Å². The van der Waals surface area contributed by atoms with E-state index in [4.69, 9.17) is 0 Å². The monoisotopic (exact) mass is 394 g/mol. The number of hydrogen-bond donors (Lipinski definition) is 1. The van der Waals surface area contributed by atoms with Crippen LogP contribution in [-0.2, 0) is 14.8 Å². The third-order valence-electron chi connectivity index (χ3n) is 5.18. The number of anilines is 1. The van der Waals surface area contributed by atoms with Gasteiger partial charge in [0, 0.05) is 24.2 Å². The topological polar surface area (TPSA) is 66.5 Å². The Kier molecular flexibility index (Phi) is 5.15. The van der Waals surface area contributed by atoms with Gasteiger partial charge in [-0.2, -0.15) is 4.31 Å². The lowest BCUT2D eigenvalue weighted by atomic mass is 9.98. The molecule has 0 saturated carbocycles. The lowest BCUT2D eigenvalue weighted by Gasteiger charge is -2.31. The third kappa shape index (κ3) is 3.66. The molecule has 1 heterocycles. The molecule has 28 heavy (non-hydrogen) atoms. The Labute approximate surface area is 165 Å². The number of benzene rings is 3. The normalized spacial score (nSPS) is 18.1. The van der Waals surface area contributed by atoms with Crippen molar-refractivity contribution in [3.8, 4) is 0 Å². The number of piperidine rings is 1. The van der Waals surface area contributed by atoms with E-state index in [9.17, 15) is 13.2 Å². The molecule has 3 aromatic carbocycles. The molecule has 0 bridgehead atoms. The number of rotatable bonds is 4. The Balaban J connectivity index is 1.52. The van der Waals surface area contributed by atoms with Crippen molar-refractivity contribution in [1.29, 1.82) is 0 Å².